The summed E-state index contributed by atoms with van der Waals surface area (Å²) in [4.78, 5) is 9.64. The van der Waals surface area contributed by atoms with Crippen molar-refractivity contribution in [2.24, 2.45) is 0 Å². The molecule has 0 aromatic carbocycles. The molecule has 4 aromatic heterocycles. The summed E-state index contributed by atoms with van der Waals surface area (Å²) in [6.07, 6.45) is 17.2. The van der Waals surface area contributed by atoms with Crippen LogP contribution in [0.25, 0.3) is 24.3 Å². The van der Waals surface area contributed by atoms with Gasteiger partial charge in [-0.3, -0.25) is 9.97 Å². The molecule has 28 heavy (non-hydrogen) atoms. The van der Waals surface area contributed by atoms with Crippen LogP contribution in [0, 0.1) is 0 Å². The summed E-state index contributed by atoms with van der Waals surface area (Å²) in [5.41, 5.74) is 1.52. The van der Waals surface area contributed by atoms with Crippen LogP contribution in [0.15, 0.2) is 92.3 Å². The van der Waals surface area contributed by atoms with Crippen LogP contribution >= 0.6 is 0 Å². The molecule has 0 aliphatic carbocycles. The van der Waals surface area contributed by atoms with Crippen LogP contribution in [-0.2, 0) is 10.8 Å². The largest absolute Gasteiger partial charge is 0.465 e. The van der Waals surface area contributed by atoms with Crippen molar-refractivity contribution in [1.29, 1.82) is 0 Å². The standard InChI is InChI=1S/C22H16N2O3S/c25-28(21-9-11-23-15-17(21)5-7-19-3-1-13-26-19)22-10-12-24-16-18(22)6-8-20-4-2-14-27-20/h1-16H/b7-5+,8-6+. The van der Waals surface area contributed by atoms with Crippen LogP contribution < -0.4 is 0 Å². The van der Waals surface area contributed by atoms with Gasteiger partial charge in [-0.25, -0.2) is 4.21 Å². The Morgan fingerprint density at radius 1 is 0.714 bits per heavy atom. The van der Waals surface area contributed by atoms with Crippen LogP contribution in [0.4, 0.5) is 0 Å². The Labute approximate surface area is 164 Å². The van der Waals surface area contributed by atoms with Crippen molar-refractivity contribution in [2.45, 2.75) is 9.79 Å². The Kier molecular flexibility index (Phi) is 5.40. The van der Waals surface area contributed by atoms with Crippen molar-refractivity contribution in [1.82, 2.24) is 9.97 Å². The number of furan rings is 2. The Bertz CT molecular complexity index is 1040. The van der Waals surface area contributed by atoms with Gasteiger partial charge in [-0.05, 0) is 60.7 Å². The first kappa shape index (κ1) is 17.9. The van der Waals surface area contributed by atoms with Gasteiger partial charge in [0.05, 0.1) is 33.1 Å². The predicted molar refractivity (Wildman–Crippen MR) is 108 cm³/mol. The maximum Gasteiger partial charge on any atom is 0.126 e. The minimum atomic E-state index is -1.41. The fourth-order valence-electron chi connectivity index (χ4n) is 2.61. The highest BCUT2D eigenvalue weighted by atomic mass is 32.2. The molecule has 0 saturated carbocycles. The van der Waals surface area contributed by atoms with Gasteiger partial charge >= 0.3 is 0 Å². The Morgan fingerprint density at radius 3 is 1.64 bits per heavy atom. The third kappa shape index (κ3) is 4.07. The first-order chi connectivity index (χ1) is 13.8. The molecule has 6 heteroatoms. The summed E-state index contributed by atoms with van der Waals surface area (Å²) in [6.45, 7) is 0. The van der Waals surface area contributed by atoms with Gasteiger partial charge in [-0.15, -0.1) is 0 Å². The fourth-order valence-corrected chi connectivity index (χ4v) is 3.89. The molecule has 0 saturated heterocycles. The summed E-state index contributed by atoms with van der Waals surface area (Å²) in [7, 11) is -1.41. The van der Waals surface area contributed by atoms with E-state index >= 15 is 0 Å². The Morgan fingerprint density at radius 2 is 1.21 bits per heavy atom. The molecule has 0 N–H and O–H groups in total. The first-order valence-corrected chi connectivity index (χ1v) is 9.69. The fraction of sp³-hybridized carbons (Fsp3) is 0. The molecule has 4 aromatic rings. The van der Waals surface area contributed by atoms with Crippen molar-refractivity contribution in [2.75, 3.05) is 0 Å². The molecule has 0 atom stereocenters. The van der Waals surface area contributed by atoms with Crippen LogP contribution in [0.2, 0.25) is 0 Å². The zero-order valence-corrected chi connectivity index (χ0v) is 15.6. The smallest absolute Gasteiger partial charge is 0.126 e. The molecule has 4 rings (SSSR count). The number of aromatic nitrogens is 2. The van der Waals surface area contributed by atoms with E-state index in [-0.39, 0.29) is 0 Å². The van der Waals surface area contributed by atoms with Gasteiger partial charge in [0.25, 0.3) is 0 Å². The summed E-state index contributed by atoms with van der Waals surface area (Å²) < 4.78 is 24.0. The maximum atomic E-state index is 13.4. The molecule has 4 heterocycles. The molecule has 0 amide bonds. The Balaban J connectivity index is 1.67. The van der Waals surface area contributed by atoms with Crippen LogP contribution in [0.1, 0.15) is 22.6 Å². The average molecular weight is 388 g/mol. The van der Waals surface area contributed by atoms with E-state index in [2.05, 4.69) is 9.97 Å². The molecule has 0 aliphatic heterocycles. The van der Waals surface area contributed by atoms with Crippen molar-refractivity contribution in [3.63, 3.8) is 0 Å². The zero-order valence-electron chi connectivity index (χ0n) is 14.8. The van der Waals surface area contributed by atoms with Gasteiger partial charge in [0.2, 0.25) is 0 Å². The van der Waals surface area contributed by atoms with Crippen molar-refractivity contribution < 1.29 is 13.0 Å². The molecule has 5 nitrogen and oxygen atoms in total. The first-order valence-electron chi connectivity index (χ1n) is 8.54. The normalized spacial score (nSPS) is 11.8. The van der Waals surface area contributed by atoms with Gasteiger partial charge < -0.3 is 8.83 Å². The lowest BCUT2D eigenvalue weighted by Gasteiger charge is -2.08. The molecule has 0 unspecified atom stereocenters. The van der Waals surface area contributed by atoms with Gasteiger partial charge in [0, 0.05) is 35.9 Å². The topological polar surface area (TPSA) is 69.1 Å². The lowest BCUT2D eigenvalue weighted by molar-refractivity contribution is 0.557. The average Bonchev–Trinajstić information content (AvgIpc) is 3.45. The van der Waals surface area contributed by atoms with Gasteiger partial charge in [0.15, 0.2) is 0 Å². The Hall–Kier alpha value is -3.51. The van der Waals surface area contributed by atoms with E-state index in [0.29, 0.717) is 21.3 Å². The highest BCUT2D eigenvalue weighted by Crippen LogP contribution is 2.25. The molecule has 0 bridgehead atoms. The van der Waals surface area contributed by atoms with Crippen LogP contribution in [0.3, 0.4) is 0 Å². The molecule has 0 radical (unpaired) electrons. The van der Waals surface area contributed by atoms with Crippen LogP contribution in [0.5, 0.6) is 0 Å². The second-order valence-corrected chi connectivity index (χ2v) is 7.21. The maximum absolute atomic E-state index is 13.4. The highest BCUT2D eigenvalue weighted by Gasteiger charge is 2.14. The van der Waals surface area contributed by atoms with Gasteiger partial charge in [-0.2, -0.15) is 0 Å². The molecular formula is C22H16N2O3S. The number of hydrogen-bond acceptors (Lipinski definition) is 5. The number of rotatable bonds is 6. The molecule has 0 aliphatic rings. The number of hydrogen-bond donors (Lipinski definition) is 0. The summed E-state index contributed by atoms with van der Waals surface area (Å²) >= 11 is 0. The SMILES string of the molecule is O=S(c1ccncc1/C=C/c1ccco1)c1ccncc1/C=C/c1ccco1. The monoisotopic (exact) mass is 388 g/mol. The molecular weight excluding hydrogens is 372 g/mol. The summed E-state index contributed by atoms with van der Waals surface area (Å²) in [6, 6.07) is 10.9. The number of pyridine rings is 2. The molecule has 0 fully saturated rings. The zero-order chi connectivity index (χ0) is 19.2. The second kappa shape index (κ2) is 8.45. The quantitative estimate of drug-likeness (QED) is 0.456. The van der Waals surface area contributed by atoms with Crippen molar-refractivity contribution in [3.8, 4) is 0 Å². The summed E-state index contributed by atoms with van der Waals surface area (Å²) in [5, 5.41) is 0. The highest BCUT2D eigenvalue weighted by molar-refractivity contribution is 7.85. The summed E-state index contributed by atoms with van der Waals surface area (Å²) in [5.74, 6) is 1.43. The minimum absolute atomic E-state index is 0.664. The van der Waals surface area contributed by atoms with Crippen molar-refractivity contribution >= 4 is 35.1 Å². The van der Waals surface area contributed by atoms with E-state index in [4.69, 9.17) is 8.83 Å². The lowest BCUT2D eigenvalue weighted by atomic mass is 10.2. The van der Waals surface area contributed by atoms with Crippen LogP contribution in [-0.4, -0.2) is 14.2 Å². The number of nitrogens with zero attached hydrogens (tertiary/aromatic N) is 2. The van der Waals surface area contributed by atoms with E-state index in [9.17, 15) is 4.21 Å². The lowest BCUT2D eigenvalue weighted by Crippen LogP contribution is -1.99. The third-order valence-corrected chi connectivity index (χ3v) is 5.50. The van der Waals surface area contributed by atoms with E-state index in [1.807, 2.05) is 48.6 Å². The van der Waals surface area contributed by atoms with E-state index in [1.54, 1.807) is 49.4 Å². The van der Waals surface area contributed by atoms with E-state index in [1.165, 1.54) is 0 Å². The minimum Gasteiger partial charge on any atom is -0.465 e. The van der Waals surface area contributed by atoms with E-state index in [0.717, 1.165) is 11.1 Å². The predicted octanol–water partition coefficient (Wildman–Crippen LogP) is 5.17. The third-order valence-electron chi connectivity index (χ3n) is 3.96. The molecule has 138 valence electrons. The van der Waals surface area contributed by atoms with Gasteiger partial charge in [-0.1, -0.05) is 0 Å². The van der Waals surface area contributed by atoms with Crippen molar-refractivity contribution in [3.05, 3.63) is 96.4 Å². The van der Waals surface area contributed by atoms with E-state index < -0.39 is 10.8 Å². The molecule has 0 spiro atoms. The van der Waals surface area contributed by atoms with Gasteiger partial charge in [0.1, 0.15) is 11.5 Å². The second-order valence-electron chi connectivity index (χ2n) is 5.79.